The van der Waals surface area contributed by atoms with Crippen LogP contribution >= 0.6 is 11.8 Å². The maximum atomic E-state index is 12.3. The minimum Gasteiger partial charge on any atom is -0.352 e. The Morgan fingerprint density at radius 2 is 2.12 bits per heavy atom. The molecule has 1 N–H and O–H groups in total. The number of imidazole rings is 1. The van der Waals surface area contributed by atoms with E-state index in [1.165, 1.54) is 22.2 Å². The molecule has 0 atom stereocenters. The number of aromatic nitrogens is 2. The van der Waals surface area contributed by atoms with E-state index in [0.29, 0.717) is 6.04 Å². The van der Waals surface area contributed by atoms with Gasteiger partial charge < -0.3 is 10.2 Å². The van der Waals surface area contributed by atoms with Gasteiger partial charge in [0.15, 0.2) is 5.16 Å². The van der Waals surface area contributed by atoms with E-state index in [4.69, 9.17) is 0 Å². The molecule has 26 heavy (non-hydrogen) atoms. The van der Waals surface area contributed by atoms with Gasteiger partial charge in [-0.05, 0) is 43.9 Å². The number of rotatable bonds is 7. The van der Waals surface area contributed by atoms with Crippen LogP contribution in [0.1, 0.15) is 24.0 Å². The smallest absolute Gasteiger partial charge is 0.239 e. The lowest BCUT2D eigenvalue weighted by atomic mass is 10.1. The first-order valence-corrected chi connectivity index (χ1v) is 9.69. The zero-order valence-corrected chi connectivity index (χ0v) is 16.2. The lowest BCUT2D eigenvalue weighted by Crippen LogP contribution is -2.39. The third-order valence-electron chi connectivity index (χ3n) is 4.30. The van der Waals surface area contributed by atoms with E-state index in [1.807, 2.05) is 10.8 Å². The minimum absolute atomic E-state index is 0.0866. The third kappa shape index (κ3) is 4.66. The highest BCUT2D eigenvalue weighted by atomic mass is 32.2. The number of aryl methyl sites for hydroxylation is 2. The first-order valence-electron chi connectivity index (χ1n) is 8.71. The summed E-state index contributed by atoms with van der Waals surface area (Å²) in [6.07, 6.45) is 5.73. The molecule has 0 saturated heterocycles. The largest absolute Gasteiger partial charge is 0.352 e. The maximum Gasteiger partial charge on any atom is 0.239 e. The Hall–Kier alpha value is -2.28. The molecule has 1 aromatic carbocycles. The number of thioether (sulfide) groups is 1. The van der Waals surface area contributed by atoms with E-state index < -0.39 is 0 Å². The van der Waals surface area contributed by atoms with Crippen LogP contribution in [0.2, 0.25) is 0 Å². The van der Waals surface area contributed by atoms with Gasteiger partial charge in [-0.2, -0.15) is 0 Å². The minimum atomic E-state index is -0.0924. The van der Waals surface area contributed by atoms with Crippen molar-refractivity contribution in [3.63, 3.8) is 0 Å². The predicted molar refractivity (Wildman–Crippen MR) is 103 cm³/mol. The predicted octanol–water partition coefficient (Wildman–Crippen LogP) is 2.32. The number of hydrogen-bond acceptors (Lipinski definition) is 4. The first-order chi connectivity index (χ1) is 12.4. The summed E-state index contributed by atoms with van der Waals surface area (Å²) >= 11 is 1.38. The summed E-state index contributed by atoms with van der Waals surface area (Å²) in [6, 6.07) is 6.58. The van der Waals surface area contributed by atoms with Gasteiger partial charge in [-0.1, -0.05) is 23.9 Å². The van der Waals surface area contributed by atoms with E-state index in [-0.39, 0.29) is 24.1 Å². The van der Waals surface area contributed by atoms with E-state index in [1.54, 1.807) is 13.2 Å². The lowest BCUT2D eigenvalue weighted by molar-refractivity contribution is -0.132. The fourth-order valence-corrected chi connectivity index (χ4v) is 3.51. The molecule has 3 rings (SSSR count). The summed E-state index contributed by atoms with van der Waals surface area (Å²) in [4.78, 5) is 30.0. The van der Waals surface area contributed by atoms with Crippen LogP contribution in [0.15, 0.2) is 35.7 Å². The van der Waals surface area contributed by atoms with Gasteiger partial charge in [-0.15, -0.1) is 0 Å². The molecule has 7 heteroatoms. The Bertz CT molecular complexity index is 814. The van der Waals surface area contributed by atoms with Gasteiger partial charge in [0.2, 0.25) is 11.8 Å². The SMILES string of the molecule is Cc1ccc(C)c(-n2ccnc2SCC(=O)N(C)CC(=O)NC2CC2)c1. The van der Waals surface area contributed by atoms with Crippen LogP contribution < -0.4 is 5.32 Å². The van der Waals surface area contributed by atoms with Crippen LogP contribution in [-0.4, -0.2) is 51.7 Å². The Morgan fingerprint density at radius 1 is 1.35 bits per heavy atom. The molecule has 1 aliphatic carbocycles. The van der Waals surface area contributed by atoms with Gasteiger partial charge in [0.05, 0.1) is 18.0 Å². The van der Waals surface area contributed by atoms with Crippen molar-refractivity contribution in [1.29, 1.82) is 0 Å². The summed E-state index contributed by atoms with van der Waals surface area (Å²) in [7, 11) is 1.66. The van der Waals surface area contributed by atoms with Crippen LogP contribution in [0.5, 0.6) is 0 Å². The van der Waals surface area contributed by atoms with Crippen molar-refractivity contribution in [2.75, 3.05) is 19.3 Å². The van der Waals surface area contributed by atoms with E-state index >= 15 is 0 Å². The van der Waals surface area contributed by atoms with E-state index in [2.05, 4.69) is 42.3 Å². The van der Waals surface area contributed by atoms with E-state index in [9.17, 15) is 9.59 Å². The monoisotopic (exact) mass is 372 g/mol. The highest BCUT2D eigenvalue weighted by Gasteiger charge is 2.24. The normalized spacial score (nSPS) is 13.5. The molecule has 1 aromatic heterocycles. The molecule has 1 fully saturated rings. The number of amides is 2. The van der Waals surface area contributed by atoms with Gasteiger partial charge in [0, 0.05) is 25.5 Å². The van der Waals surface area contributed by atoms with Crippen molar-refractivity contribution >= 4 is 23.6 Å². The number of nitrogens with zero attached hydrogens (tertiary/aromatic N) is 3. The fraction of sp³-hybridized carbons (Fsp3) is 0.421. The highest BCUT2D eigenvalue weighted by molar-refractivity contribution is 7.99. The molecule has 0 aliphatic heterocycles. The molecule has 0 bridgehead atoms. The quantitative estimate of drug-likeness (QED) is 0.758. The summed E-state index contributed by atoms with van der Waals surface area (Å²) in [6.45, 7) is 4.21. The van der Waals surface area contributed by atoms with Crippen LogP contribution in [0.3, 0.4) is 0 Å². The topological polar surface area (TPSA) is 67.2 Å². The molecule has 2 aromatic rings. The molecule has 2 amide bonds. The number of benzene rings is 1. The van der Waals surface area contributed by atoms with Gasteiger partial charge in [0.1, 0.15) is 0 Å². The summed E-state index contributed by atoms with van der Waals surface area (Å²) in [5.74, 6) is 0.0661. The number of nitrogens with one attached hydrogen (secondary N) is 1. The molecular weight excluding hydrogens is 348 g/mol. The standard InChI is InChI=1S/C19H24N4O2S/c1-13-4-5-14(2)16(10-13)23-9-8-20-19(23)26-12-18(25)22(3)11-17(24)21-15-6-7-15/h4-5,8-10,15H,6-7,11-12H2,1-3H3,(H,21,24). The van der Waals surface area contributed by atoms with Gasteiger partial charge in [0.25, 0.3) is 0 Å². The Morgan fingerprint density at radius 3 is 2.85 bits per heavy atom. The van der Waals surface area contributed by atoms with Crippen LogP contribution in [-0.2, 0) is 9.59 Å². The molecule has 1 saturated carbocycles. The fourth-order valence-electron chi connectivity index (χ4n) is 2.60. The summed E-state index contributed by atoms with van der Waals surface area (Å²) in [5.41, 5.74) is 3.39. The molecule has 0 radical (unpaired) electrons. The number of carbonyl (C=O) groups excluding carboxylic acids is 2. The zero-order valence-electron chi connectivity index (χ0n) is 15.4. The maximum absolute atomic E-state index is 12.3. The average Bonchev–Trinajstić information content (AvgIpc) is 3.28. The van der Waals surface area contributed by atoms with Crippen LogP contribution in [0, 0.1) is 13.8 Å². The third-order valence-corrected chi connectivity index (χ3v) is 5.26. The number of carbonyl (C=O) groups is 2. The molecular formula is C19H24N4O2S. The van der Waals surface area contributed by atoms with Crippen LogP contribution in [0.25, 0.3) is 5.69 Å². The molecule has 1 heterocycles. The van der Waals surface area contributed by atoms with Gasteiger partial charge in [-0.3, -0.25) is 14.2 Å². The van der Waals surface area contributed by atoms with Crippen molar-refractivity contribution in [2.45, 2.75) is 37.9 Å². The summed E-state index contributed by atoms with van der Waals surface area (Å²) in [5, 5.41) is 3.66. The number of likely N-dealkylation sites (N-methyl/N-ethyl adjacent to an activating group) is 1. The van der Waals surface area contributed by atoms with Crippen molar-refractivity contribution < 1.29 is 9.59 Å². The van der Waals surface area contributed by atoms with Gasteiger partial charge >= 0.3 is 0 Å². The second kappa shape index (κ2) is 7.95. The second-order valence-electron chi connectivity index (χ2n) is 6.75. The molecule has 0 spiro atoms. The highest BCUT2D eigenvalue weighted by Crippen LogP contribution is 2.24. The van der Waals surface area contributed by atoms with Crippen molar-refractivity contribution in [1.82, 2.24) is 19.8 Å². The zero-order chi connectivity index (χ0) is 18.7. The lowest BCUT2D eigenvalue weighted by Gasteiger charge is -2.17. The van der Waals surface area contributed by atoms with E-state index in [0.717, 1.165) is 29.2 Å². The Kier molecular flexibility index (Phi) is 5.66. The van der Waals surface area contributed by atoms with Crippen molar-refractivity contribution in [3.8, 4) is 5.69 Å². The van der Waals surface area contributed by atoms with Crippen molar-refractivity contribution in [2.24, 2.45) is 0 Å². The molecule has 0 unspecified atom stereocenters. The van der Waals surface area contributed by atoms with Crippen LogP contribution in [0.4, 0.5) is 0 Å². The molecule has 138 valence electrons. The average molecular weight is 372 g/mol. The van der Waals surface area contributed by atoms with Gasteiger partial charge in [-0.25, -0.2) is 4.98 Å². The van der Waals surface area contributed by atoms with Crippen molar-refractivity contribution in [3.05, 3.63) is 41.7 Å². The second-order valence-corrected chi connectivity index (χ2v) is 7.69. The first kappa shape index (κ1) is 18.5. The Labute approximate surface area is 158 Å². The Balaban J connectivity index is 1.59. The molecule has 1 aliphatic rings. The molecule has 6 nitrogen and oxygen atoms in total. The summed E-state index contributed by atoms with van der Waals surface area (Å²) < 4.78 is 2.00. The number of hydrogen-bond donors (Lipinski definition) is 1.